The lowest BCUT2D eigenvalue weighted by Crippen LogP contribution is -2.53. The number of nitrogens with zero attached hydrogens (tertiary/aromatic N) is 2. The molecule has 1 aliphatic rings. The summed E-state index contributed by atoms with van der Waals surface area (Å²) in [6.45, 7) is 7.27. The number of methoxy groups -OCH3 is 3. The molecule has 7 unspecified atom stereocenters. The summed E-state index contributed by atoms with van der Waals surface area (Å²) in [6.07, 6.45) is 2.54. The number of nitrogens with two attached hydrogens (primary N) is 1. The van der Waals surface area contributed by atoms with E-state index in [-0.39, 0.29) is 60.8 Å². The summed E-state index contributed by atoms with van der Waals surface area (Å²) < 4.78 is 16.9. The van der Waals surface area contributed by atoms with Crippen LogP contribution in [0.5, 0.6) is 0 Å². The van der Waals surface area contributed by atoms with Crippen molar-refractivity contribution in [2.45, 2.75) is 83.2 Å². The Morgan fingerprint density at radius 1 is 1.10 bits per heavy atom. The van der Waals surface area contributed by atoms with Gasteiger partial charge < -0.3 is 35.1 Å². The van der Waals surface area contributed by atoms with Crippen LogP contribution in [0.15, 0.2) is 30.3 Å². The zero-order valence-corrected chi connectivity index (χ0v) is 26.0. The van der Waals surface area contributed by atoms with E-state index < -0.39 is 12.1 Å². The minimum absolute atomic E-state index is 0.0139. The van der Waals surface area contributed by atoms with Crippen LogP contribution in [0.3, 0.4) is 0 Å². The first-order valence-corrected chi connectivity index (χ1v) is 14.8. The maximum absolute atomic E-state index is 13.7. The maximum atomic E-state index is 13.7. The standard InChI is InChI=1S/C31H52N4O6/c1-8-21(2)29(34(4)28(37)19-32)26(39-5)18-27(36)35-16-12-15-25(35)30(40-6)22(3)20-33-24(31(38)41-7)17-23-13-10-9-11-14-23/h9-11,13-14,21-22,24-26,29-30,33H,8,12,15-20,32H2,1-7H3. The zero-order chi connectivity index (χ0) is 30.5. The molecule has 0 aromatic heterocycles. The molecule has 2 amide bonds. The van der Waals surface area contributed by atoms with Crippen molar-refractivity contribution in [3.8, 4) is 0 Å². The summed E-state index contributed by atoms with van der Waals surface area (Å²) in [5.41, 5.74) is 6.69. The highest BCUT2D eigenvalue weighted by atomic mass is 16.5. The van der Waals surface area contributed by atoms with Gasteiger partial charge in [-0.3, -0.25) is 14.4 Å². The van der Waals surface area contributed by atoms with Gasteiger partial charge in [0.15, 0.2) is 0 Å². The fourth-order valence-electron chi connectivity index (χ4n) is 6.07. The molecule has 1 aromatic rings. The Balaban J connectivity index is 2.12. The normalized spacial score (nSPS) is 19.6. The van der Waals surface area contributed by atoms with Gasteiger partial charge in [0.1, 0.15) is 6.04 Å². The lowest BCUT2D eigenvalue weighted by molar-refractivity contribution is -0.144. The number of benzene rings is 1. The molecule has 0 saturated carbocycles. The first-order chi connectivity index (χ1) is 19.6. The molecule has 10 heteroatoms. The Labute approximate surface area is 246 Å². The number of hydrogen-bond acceptors (Lipinski definition) is 8. The van der Waals surface area contributed by atoms with E-state index in [2.05, 4.69) is 26.1 Å². The number of hydrogen-bond donors (Lipinski definition) is 2. The van der Waals surface area contributed by atoms with Gasteiger partial charge in [-0.25, -0.2) is 0 Å². The highest BCUT2D eigenvalue weighted by molar-refractivity contribution is 5.79. The molecular weight excluding hydrogens is 524 g/mol. The third-order valence-corrected chi connectivity index (χ3v) is 8.59. The number of esters is 1. The summed E-state index contributed by atoms with van der Waals surface area (Å²) in [5, 5.41) is 3.38. The van der Waals surface area contributed by atoms with E-state index in [1.165, 1.54) is 7.11 Å². The monoisotopic (exact) mass is 576 g/mol. The second-order valence-corrected chi connectivity index (χ2v) is 11.2. The van der Waals surface area contributed by atoms with Crippen LogP contribution in [0, 0.1) is 11.8 Å². The Bertz CT molecular complexity index is 948. The van der Waals surface area contributed by atoms with Gasteiger partial charge in [0, 0.05) is 34.4 Å². The molecule has 1 fully saturated rings. The van der Waals surface area contributed by atoms with Crippen molar-refractivity contribution in [2.24, 2.45) is 17.6 Å². The van der Waals surface area contributed by atoms with E-state index in [4.69, 9.17) is 19.9 Å². The summed E-state index contributed by atoms with van der Waals surface area (Å²) in [5.74, 6) is -0.367. The van der Waals surface area contributed by atoms with E-state index in [1.807, 2.05) is 35.2 Å². The minimum atomic E-state index is -0.489. The Kier molecular flexibility index (Phi) is 14.7. The zero-order valence-electron chi connectivity index (χ0n) is 26.0. The molecular formula is C31H52N4O6. The maximum Gasteiger partial charge on any atom is 0.323 e. The highest BCUT2D eigenvalue weighted by Crippen LogP contribution is 2.29. The number of likely N-dealkylation sites (tertiary alicyclic amines) is 1. The van der Waals surface area contributed by atoms with E-state index in [1.54, 1.807) is 26.2 Å². The van der Waals surface area contributed by atoms with Crippen LogP contribution in [0.2, 0.25) is 0 Å². The molecule has 3 N–H and O–H groups in total. The van der Waals surface area contributed by atoms with Crippen LogP contribution in [0.1, 0.15) is 52.0 Å². The van der Waals surface area contributed by atoms with Gasteiger partial charge in [-0.05, 0) is 36.7 Å². The van der Waals surface area contributed by atoms with Crippen LogP contribution >= 0.6 is 0 Å². The molecule has 10 nitrogen and oxygen atoms in total. The number of ether oxygens (including phenoxy) is 3. The van der Waals surface area contributed by atoms with Crippen molar-refractivity contribution in [1.82, 2.24) is 15.1 Å². The quantitative estimate of drug-likeness (QED) is 0.271. The largest absolute Gasteiger partial charge is 0.468 e. The van der Waals surface area contributed by atoms with Gasteiger partial charge in [0.05, 0.1) is 44.4 Å². The van der Waals surface area contributed by atoms with Crippen LogP contribution in [0.25, 0.3) is 0 Å². The van der Waals surface area contributed by atoms with Gasteiger partial charge in [-0.1, -0.05) is 57.5 Å². The van der Waals surface area contributed by atoms with Crippen LogP contribution in [-0.2, 0) is 35.0 Å². The molecule has 1 aliphatic heterocycles. The smallest absolute Gasteiger partial charge is 0.323 e. The fourth-order valence-corrected chi connectivity index (χ4v) is 6.07. The Hall–Kier alpha value is -2.53. The summed E-state index contributed by atoms with van der Waals surface area (Å²) in [4.78, 5) is 42.3. The average molecular weight is 577 g/mol. The van der Waals surface area contributed by atoms with Gasteiger partial charge in [-0.2, -0.15) is 0 Å². The number of likely N-dealkylation sites (N-methyl/N-ethyl adjacent to an activating group) is 1. The van der Waals surface area contributed by atoms with E-state index in [0.717, 1.165) is 24.8 Å². The van der Waals surface area contributed by atoms with Crippen molar-refractivity contribution < 1.29 is 28.6 Å². The molecule has 41 heavy (non-hydrogen) atoms. The van der Waals surface area contributed by atoms with E-state index >= 15 is 0 Å². The SMILES string of the molecule is CCC(C)C(C(CC(=O)N1CCCC1C(OC)C(C)CNC(Cc1ccccc1)C(=O)OC)OC)N(C)C(=O)CN. The number of carbonyl (C=O) groups excluding carboxylic acids is 3. The van der Waals surface area contributed by atoms with Gasteiger partial charge >= 0.3 is 5.97 Å². The van der Waals surface area contributed by atoms with Gasteiger partial charge in [0.25, 0.3) is 0 Å². The van der Waals surface area contributed by atoms with Crippen molar-refractivity contribution in [2.75, 3.05) is 48.0 Å². The number of carbonyl (C=O) groups is 3. The molecule has 2 rings (SSSR count). The summed E-state index contributed by atoms with van der Waals surface area (Å²) in [7, 11) is 6.40. The topological polar surface area (TPSA) is 123 Å². The highest BCUT2D eigenvalue weighted by Gasteiger charge is 2.40. The summed E-state index contributed by atoms with van der Waals surface area (Å²) >= 11 is 0. The van der Waals surface area contributed by atoms with Crippen molar-refractivity contribution >= 4 is 17.8 Å². The van der Waals surface area contributed by atoms with Crippen molar-refractivity contribution in [3.63, 3.8) is 0 Å². The van der Waals surface area contributed by atoms with Crippen LogP contribution < -0.4 is 11.1 Å². The second kappa shape index (κ2) is 17.4. The third kappa shape index (κ3) is 9.49. The first kappa shape index (κ1) is 34.7. The number of nitrogens with one attached hydrogen (secondary N) is 1. The molecule has 1 aromatic carbocycles. The second-order valence-electron chi connectivity index (χ2n) is 11.2. The Morgan fingerprint density at radius 2 is 1.78 bits per heavy atom. The number of rotatable bonds is 17. The lowest BCUT2D eigenvalue weighted by atomic mass is 9.90. The molecule has 7 atom stereocenters. The predicted molar refractivity (Wildman–Crippen MR) is 159 cm³/mol. The van der Waals surface area contributed by atoms with E-state index in [9.17, 15) is 14.4 Å². The Morgan fingerprint density at radius 3 is 2.34 bits per heavy atom. The third-order valence-electron chi connectivity index (χ3n) is 8.59. The van der Waals surface area contributed by atoms with Gasteiger partial charge in [-0.15, -0.1) is 0 Å². The minimum Gasteiger partial charge on any atom is -0.468 e. The van der Waals surface area contributed by atoms with Crippen LogP contribution in [-0.4, -0.2) is 106 Å². The summed E-state index contributed by atoms with van der Waals surface area (Å²) in [6, 6.07) is 8.97. The molecule has 0 radical (unpaired) electrons. The van der Waals surface area contributed by atoms with Crippen LogP contribution in [0.4, 0.5) is 0 Å². The fraction of sp³-hybridized carbons (Fsp3) is 0.710. The van der Waals surface area contributed by atoms with E-state index in [0.29, 0.717) is 19.5 Å². The number of amides is 2. The molecule has 0 bridgehead atoms. The first-order valence-electron chi connectivity index (χ1n) is 14.8. The lowest BCUT2D eigenvalue weighted by Gasteiger charge is -2.39. The molecule has 1 heterocycles. The molecule has 232 valence electrons. The van der Waals surface area contributed by atoms with Crippen molar-refractivity contribution in [3.05, 3.63) is 35.9 Å². The molecule has 1 saturated heterocycles. The van der Waals surface area contributed by atoms with Crippen molar-refractivity contribution in [1.29, 1.82) is 0 Å². The predicted octanol–water partition coefficient (Wildman–Crippen LogP) is 2.24. The average Bonchev–Trinajstić information content (AvgIpc) is 3.48. The van der Waals surface area contributed by atoms with Gasteiger partial charge in [0.2, 0.25) is 11.8 Å². The molecule has 0 spiro atoms. The molecule has 0 aliphatic carbocycles.